The SMILES string of the molecule is COC(=O)c1c(C#N)c(Oc2cc(-c3ccc(C(F)(F)F)cc3)c([N+](=O)[O-])c(C(=O)OC)c2C#N)cc(-c2ccc(C(F)(F)F)cc2)c1[N+](=O)[O-]. The van der Waals surface area contributed by atoms with Crippen LogP contribution >= 0.6 is 0 Å². The van der Waals surface area contributed by atoms with Gasteiger partial charge in [0.05, 0.1) is 46.3 Å². The largest absolute Gasteiger partial charge is 0.465 e. The number of halogens is 6. The molecule has 0 amide bonds. The lowest BCUT2D eigenvalue weighted by atomic mass is 9.94. The Morgan fingerprint density at radius 2 is 0.961 bits per heavy atom. The van der Waals surface area contributed by atoms with Crippen LogP contribution in [0.25, 0.3) is 22.3 Å². The molecule has 0 aromatic heterocycles. The van der Waals surface area contributed by atoms with Crippen molar-refractivity contribution >= 4 is 23.3 Å². The monoisotopic (exact) mass is 714 g/mol. The molecule has 0 atom stereocenters. The van der Waals surface area contributed by atoms with Gasteiger partial charge in [-0.3, -0.25) is 20.2 Å². The molecule has 4 aromatic rings. The minimum atomic E-state index is -4.81. The topological polar surface area (TPSA) is 196 Å². The van der Waals surface area contributed by atoms with Crippen molar-refractivity contribution in [2.75, 3.05) is 14.2 Å². The van der Waals surface area contributed by atoms with Crippen molar-refractivity contribution in [3.8, 4) is 45.9 Å². The van der Waals surface area contributed by atoms with E-state index in [-0.39, 0.29) is 11.1 Å². The molecule has 0 bridgehead atoms. The molecule has 0 heterocycles. The molecule has 0 saturated carbocycles. The molecule has 0 unspecified atom stereocenters. The fourth-order valence-corrected chi connectivity index (χ4v) is 4.90. The highest BCUT2D eigenvalue weighted by atomic mass is 19.4. The zero-order valence-electron chi connectivity index (χ0n) is 25.5. The van der Waals surface area contributed by atoms with Gasteiger partial charge in [0, 0.05) is 0 Å². The van der Waals surface area contributed by atoms with Crippen LogP contribution in [0.5, 0.6) is 11.5 Å². The number of alkyl halides is 6. The Hall–Kier alpha value is -7.02. The van der Waals surface area contributed by atoms with Gasteiger partial charge in [-0.05, 0) is 47.5 Å². The molecule has 0 N–H and O–H groups in total. The van der Waals surface area contributed by atoms with Gasteiger partial charge >= 0.3 is 24.3 Å². The lowest BCUT2D eigenvalue weighted by Crippen LogP contribution is -2.13. The Labute approximate surface area is 280 Å². The summed E-state index contributed by atoms with van der Waals surface area (Å²) in [6.45, 7) is 0. The number of nitro benzene ring substituents is 2. The number of nitriles is 2. The van der Waals surface area contributed by atoms with Gasteiger partial charge in [-0.2, -0.15) is 36.9 Å². The van der Waals surface area contributed by atoms with Crippen molar-refractivity contribution in [2.24, 2.45) is 0 Å². The van der Waals surface area contributed by atoms with E-state index < -0.39 is 102 Å². The number of carbonyl (C=O) groups excluding carboxylic acids is 2. The maximum atomic E-state index is 13.3. The molecule has 4 rings (SSSR count). The van der Waals surface area contributed by atoms with E-state index >= 15 is 0 Å². The Kier molecular flexibility index (Phi) is 9.99. The van der Waals surface area contributed by atoms with E-state index in [4.69, 9.17) is 4.74 Å². The summed E-state index contributed by atoms with van der Waals surface area (Å²) in [7, 11) is 1.59. The number of nitro groups is 2. The molecular formula is C32H16F6N4O9. The molecule has 0 aliphatic carbocycles. The Bertz CT molecular complexity index is 2030. The van der Waals surface area contributed by atoms with Crippen LogP contribution < -0.4 is 4.74 Å². The molecule has 0 aliphatic rings. The second-order valence-electron chi connectivity index (χ2n) is 10.0. The quantitative estimate of drug-likeness (QED) is 0.0742. The molecule has 0 aliphatic heterocycles. The molecule has 0 spiro atoms. The molecule has 4 aromatic carbocycles. The van der Waals surface area contributed by atoms with Crippen LogP contribution in [-0.4, -0.2) is 36.0 Å². The number of benzene rings is 4. The highest BCUT2D eigenvalue weighted by Gasteiger charge is 2.37. The van der Waals surface area contributed by atoms with Gasteiger partial charge < -0.3 is 14.2 Å². The maximum Gasteiger partial charge on any atom is 0.416 e. The normalized spacial score (nSPS) is 11.2. The van der Waals surface area contributed by atoms with Crippen LogP contribution in [-0.2, 0) is 21.8 Å². The van der Waals surface area contributed by atoms with E-state index in [0.29, 0.717) is 24.3 Å². The number of hydrogen-bond donors (Lipinski definition) is 0. The third kappa shape index (κ3) is 7.08. The fourth-order valence-electron chi connectivity index (χ4n) is 4.90. The lowest BCUT2D eigenvalue weighted by Gasteiger charge is -2.17. The van der Waals surface area contributed by atoms with Crippen molar-refractivity contribution < 1.29 is 60.0 Å². The van der Waals surface area contributed by atoms with Crippen molar-refractivity contribution in [3.05, 3.63) is 114 Å². The second-order valence-corrected chi connectivity index (χ2v) is 10.0. The van der Waals surface area contributed by atoms with Gasteiger partial charge in [0.15, 0.2) is 11.1 Å². The summed E-state index contributed by atoms with van der Waals surface area (Å²) in [5.41, 5.74) is -10.2. The third-order valence-corrected chi connectivity index (χ3v) is 7.16. The molecule has 0 fully saturated rings. The van der Waals surface area contributed by atoms with Gasteiger partial charge in [-0.25, -0.2) is 9.59 Å². The van der Waals surface area contributed by atoms with Gasteiger partial charge in [0.2, 0.25) is 0 Å². The van der Waals surface area contributed by atoms with E-state index in [0.717, 1.165) is 50.6 Å². The summed E-state index contributed by atoms with van der Waals surface area (Å²) in [5, 5.41) is 44.7. The van der Waals surface area contributed by atoms with Crippen molar-refractivity contribution in [3.63, 3.8) is 0 Å². The number of ether oxygens (including phenoxy) is 3. The molecule has 19 heteroatoms. The molecule has 13 nitrogen and oxygen atoms in total. The van der Waals surface area contributed by atoms with Crippen molar-refractivity contribution in [1.29, 1.82) is 10.5 Å². The van der Waals surface area contributed by atoms with E-state index in [1.54, 1.807) is 0 Å². The molecule has 51 heavy (non-hydrogen) atoms. The average Bonchev–Trinajstić information content (AvgIpc) is 3.08. The van der Waals surface area contributed by atoms with Crippen LogP contribution in [0.4, 0.5) is 37.7 Å². The van der Waals surface area contributed by atoms with Gasteiger partial charge in [-0.15, -0.1) is 0 Å². The van der Waals surface area contributed by atoms with Gasteiger partial charge in [0.25, 0.3) is 11.4 Å². The maximum absolute atomic E-state index is 13.3. The average molecular weight is 714 g/mol. The van der Waals surface area contributed by atoms with E-state index in [1.807, 2.05) is 0 Å². The first-order valence-electron chi connectivity index (χ1n) is 13.6. The standard InChI is InChI=1S/C32H16F6N4O9/c1-49-29(43)25-21(13-39)23(11-19(27(25)41(45)46)15-3-7-17(8-4-15)31(33,34)35)51-24-12-20(16-5-9-18(10-6-16)32(36,37)38)28(42(47)48)26(22(24)14-40)30(44)50-2/h3-12H,1-2H3. The number of nitrogens with zero attached hydrogens (tertiary/aromatic N) is 4. The summed E-state index contributed by atoms with van der Waals surface area (Å²) in [4.78, 5) is 48.1. The Balaban J connectivity index is 2.13. The predicted molar refractivity (Wildman–Crippen MR) is 159 cm³/mol. The number of rotatable bonds is 8. The van der Waals surface area contributed by atoms with Crippen molar-refractivity contribution in [2.45, 2.75) is 12.4 Å². The van der Waals surface area contributed by atoms with Crippen LogP contribution in [0.15, 0.2) is 60.7 Å². The molecular weight excluding hydrogens is 698 g/mol. The summed E-state index contributed by atoms with van der Waals surface area (Å²) in [5.74, 6) is -4.56. The van der Waals surface area contributed by atoms with Crippen molar-refractivity contribution in [1.82, 2.24) is 0 Å². The number of esters is 2. The van der Waals surface area contributed by atoms with Gasteiger partial charge in [-0.1, -0.05) is 24.3 Å². The number of carbonyl (C=O) groups is 2. The van der Waals surface area contributed by atoms with Crippen LogP contribution in [0, 0.1) is 42.9 Å². The van der Waals surface area contributed by atoms with E-state index in [1.165, 1.54) is 12.1 Å². The minimum Gasteiger partial charge on any atom is -0.465 e. The Morgan fingerprint density at radius 1 is 0.647 bits per heavy atom. The first-order valence-corrected chi connectivity index (χ1v) is 13.6. The van der Waals surface area contributed by atoms with Crippen LogP contribution in [0.3, 0.4) is 0 Å². The van der Waals surface area contributed by atoms with E-state index in [9.17, 15) is 66.7 Å². The highest BCUT2D eigenvalue weighted by molar-refractivity contribution is 6.03. The summed E-state index contributed by atoms with van der Waals surface area (Å²) in [6, 6.07) is 10.1. The summed E-state index contributed by atoms with van der Waals surface area (Å²) < 4.78 is 94.6. The highest BCUT2D eigenvalue weighted by Crippen LogP contribution is 2.46. The fraction of sp³-hybridized carbons (Fsp3) is 0.125. The first-order chi connectivity index (χ1) is 23.9. The van der Waals surface area contributed by atoms with E-state index in [2.05, 4.69) is 9.47 Å². The molecule has 260 valence electrons. The number of methoxy groups -OCH3 is 2. The molecule has 0 saturated heterocycles. The Morgan fingerprint density at radius 3 is 1.20 bits per heavy atom. The number of hydrogen-bond acceptors (Lipinski definition) is 11. The smallest absolute Gasteiger partial charge is 0.416 e. The zero-order chi connectivity index (χ0) is 38.0. The first kappa shape index (κ1) is 36.8. The summed E-state index contributed by atoms with van der Waals surface area (Å²) >= 11 is 0. The van der Waals surface area contributed by atoms with Crippen LogP contribution in [0.1, 0.15) is 43.0 Å². The van der Waals surface area contributed by atoms with Crippen LogP contribution in [0.2, 0.25) is 0 Å². The molecule has 0 radical (unpaired) electrons. The lowest BCUT2D eigenvalue weighted by molar-refractivity contribution is -0.384. The minimum absolute atomic E-state index is 0.306. The summed E-state index contributed by atoms with van der Waals surface area (Å²) in [6.07, 6.45) is -9.63. The predicted octanol–water partition coefficient (Wildman–Crippen LogP) is 7.98. The zero-order valence-corrected chi connectivity index (χ0v) is 25.5. The third-order valence-electron chi connectivity index (χ3n) is 7.16. The van der Waals surface area contributed by atoms with Gasteiger partial charge in [0.1, 0.15) is 34.8 Å². The second kappa shape index (κ2) is 13.8.